The number of carbonyl (C=O) groups is 2. The minimum absolute atomic E-state index is 0.118. The molecule has 0 saturated heterocycles. The van der Waals surface area contributed by atoms with E-state index in [-0.39, 0.29) is 11.3 Å². The molecule has 0 aliphatic carbocycles. The number of hydrogen-bond acceptors (Lipinski definition) is 6. The third kappa shape index (κ3) is 3.42. The van der Waals surface area contributed by atoms with Gasteiger partial charge in [-0.2, -0.15) is 0 Å². The average Bonchev–Trinajstić information content (AvgIpc) is 3.36. The van der Waals surface area contributed by atoms with Crippen LogP contribution >= 0.6 is 11.3 Å². The monoisotopic (exact) mass is 424 g/mol. The molecule has 1 aliphatic heterocycles. The summed E-state index contributed by atoms with van der Waals surface area (Å²) in [6.45, 7) is 0. The summed E-state index contributed by atoms with van der Waals surface area (Å²) in [5, 5.41) is 4.81. The van der Waals surface area contributed by atoms with Gasteiger partial charge in [-0.05, 0) is 47.8 Å². The highest BCUT2D eigenvalue weighted by Crippen LogP contribution is 2.40. The summed E-state index contributed by atoms with van der Waals surface area (Å²) in [6.07, 6.45) is 0. The Bertz CT molecular complexity index is 1140. The zero-order chi connectivity index (χ0) is 21.3. The zero-order valence-electron chi connectivity index (χ0n) is 16.1. The fraction of sp³-hybridized carbons (Fsp3) is 0.0909. The highest BCUT2D eigenvalue weighted by Gasteiger charge is 2.42. The molecule has 4 rings (SSSR count). The van der Waals surface area contributed by atoms with Gasteiger partial charge in [0.25, 0.3) is 11.8 Å². The van der Waals surface area contributed by atoms with Crippen molar-refractivity contribution in [1.29, 1.82) is 0 Å². The summed E-state index contributed by atoms with van der Waals surface area (Å²) in [7, 11) is 2.97. The lowest BCUT2D eigenvalue weighted by atomic mass is 10.2. The molecular formula is C22H17FN2O4S. The Hall–Kier alpha value is -3.65. The number of carbonyl (C=O) groups excluding carboxylic acids is 2. The summed E-state index contributed by atoms with van der Waals surface area (Å²) in [4.78, 5) is 28.4. The second-order valence-electron chi connectivity index (χ2n) is 6.34. The molecule has 3 aromatic rings. The number of hydrogen-bond donors (Lipinski definition) is 1. The maximum absolute atomic E-state index is 13.4. The first-order chi connectivity index (χ1) is 14.5. The van der Waals surface area contributed by atoms with E-state index in [2.05, 4.69) is 5.32 Å². The SMILES string of the molecule is COc1ccc(N2C(=O)C(Nc3ccc(F)cc3)=C(c3cccs3)C2=O)c(OC)c1. The van der Waals surface area contributed by atoms with Gasteiger partial charge in [0.15, 0.2) is 0 Å². The first-order valence-electron chi connectivity index (χ1n) is 8.95. The Morgan fingerprint density at radius 1 is 0.967 bits per heavy atom. The van der Waals surface area contributed by atoms with Gasteiger partial charge in [0, 0.05) is 16.6 Å². The second-order valence-corrected chi connectivity index (χ2v) is 7.29. The standard InChI is InChI=1S/C22H17FN2O4S/c1-28-15-9-10-16(17(12-15)29-2)25-21(26)19(18-4-3-11-30-18)20(22(25)27)24-14-7-5-13(23)6-8-14/h3-12,24H,1-2H3. The maximum Gasteiger partial charge on any atom is 0.282 e. The first-order valence-corrected chi connectivity index (χ1v) is 9.83. The normalized spacial score (nSPS) is 13.8. The molecule has 2 heterocycles. The number of imide groups is 1. The van der Waals surface area contributed by atoms with Crippen LogP contribution in [0.4, 0.5) is 15.8 Å². The number of amides is 2. The lowest BCUT2D eigenvalue weighted by Gasteiger charge is -2.19. The Morgan fingerprint density at radius 3 is 2.37 bits per heavy atom. The van der Waals surface area contributed by atoms with E-state index in [0.29, 0.717) is 27.8 Å². The van der Waals surface area contributed by atoms with Gasteiger partial charge in [0.2, 0.25) is 0 Å². The number of ether oxygens (including phenoxy) is 2. The summed E-state index contributed by atoms with van der Waals surface area (Å²) in [5.74, 6) is -0.548. The van der Waals surface area contributed by atoms with E-state index in [1.165, 1.54) is 49.8 Å². The van der Waals surface area contributed by atoms with Crippen LogP contribution in [0.15, 0.2) is 65.7 Å². The molecule has 6 nitrogen and oxygen atoms in total. The molecule has 1 aromatic heterocycles. The Labute approximate surface area is 176 Å². The van der Waals surface area contributed by atoms with Crippen molar-refractivity contribution in [1.82, 2.24) is 0 Å². The lowest BCUT2D eigenvalue weighted by molar-refractivity contribution is -0.120. The molecule has 30 heavy (non-hydrogen) atoms. The number of rotatable bonds is 6. The van der Waals surface area contributed by atoms with Crippen molar-refractivity contribution in [3.63, 3.8) is 0 Å². The van der Waals surface area contributed by atoms with E-state index >= 15 is 0 Å². The fourth-order valence-electron chi connectivity index (χ4n) is 3.16. The molecule has 0 atom stereocenters. The number of nitrogens with one attached hydrogen (secondary N) is 1. The van der Waals surface area contributed by atoms with Crippen molar-refractivity contribution in [2.45, 2.75) is 0 Å². The number of thiophene rings is 1. The minimum atomic E-state index is -0.531. The smallest absolute Gasteiger partial charge is 0.282 e. The van der Waals surface area contributed by atoms with Gasteiger partial charge in [-0.1, -0.05) is 6.07 Å². The highest BCUT2D eigenvalue weighted by atomic mass is 32.1. The molecule has 0 unspecified atom stereocenters. The number of benzene rings is 2. The van der Waals surface area contributed by atoms with E-state index in [1.807, 2.05) is 5.38 Å². The maximum atomic E-state index is 13.4. The van der Waals surface area contributed by atoms with Gasteiger partial charge in [-0.25, -0.2) is 9.29 Å². The third-order valence-corrected chi connectivity index (χ3v) is 5.48. The van der Waals surface area contributed by atoms with Crippen LogP contribution in [0.25, 0.3) is 5.57 Å². The molecule has 8 heteroatoms. The molecule has 0 radical (unpaired) electrons. The van der Waals surface area contributed by atoms with Gasteiger partial charge in [-0.3, -0.25) is 9.59 Å². The van der Waals surface area contributed by atoms with Crippen molar-refractivity contribution in [2.24, 2.45) is 0 Å². The predicted molar refractivity (Wildman–Crippen MR) is 113 cm³/mol. The summed E-state index contributed by atoms with van der Waals surface area (Å²) >= 11 is 1.35. The van der Waals surface area contributed by atoms with Crippen LogP contribution in [-0.4, -0.2) is 26.0 Å². The van der Waals surface area contributed by atoms with Crippen LogP contribution in [0.5, 0.6) is 11.5 Å². The van der Waals surface area contributed by atoms with E-state index in [4.69, 9.17) is 9.47 Å². The van der Waals surface area contributed by atoms with E-state index in [9.17, 15) is 14.0 Å². The van der Waals surface area contributed by atoms with E-state index in [1.54, 1.807) is 30.3 Å². The van der Waals surface area contributed by atoms with Crippen LogP contribution in [-0.2, 0) is 9.59 Å². The molecule has 0 spiro atoms. The van der Waals surface area contributed by atoms with Crippen LogP contribution in [0, 0.1) is 5.82 Å². The predicted octanol–water partition coefficient (Wildman–Crippen LogP) is 4.30. The molecule has 152 valence electrons. The molecule has 0 saturated carbocycles. The topological polar surface area (TPSA) is 67.9 Å². The van der Waals surface area contributed by atoms with Crippen molar-refractivity contribution >= 4 is 40.1 Å². The van der Waals surface area contributed by atoms with Crippen LogP contribution in [0.3, 0.4) is 0 Å². The van der Waals surface area contributed by atoms with Crippen LogP contribution in [0.1, 0.15) is 4.88 Å². The highest BCUT2D eigenvalue weighted by molar-refractivity contribution is 7.11. The first kappa shape index (κ1) is 19.7. The molecule has 1 N–H and O–H groups in total. The Kier molecular flexibility index (Phi) is 5.24. The fourth-order valence-corrected chi connectivity index (χ4v) is 3.93. The van der Waals surface area contributed by atoms with Gasteiger partial charge in [-0.15, -0.1) is 11.3 Å². The largest absolute Gasteiger partial charge is 0.497 e. The zero-order valence-corrected chi connectivity index (χ0v) is 17.0. The van der Waals surface area contributed by atoms with Crippen molar-refractivity contribution in [3.8, 4) is 11.5 Å². The van der Waals surface area contributed by atoms with Gasteiger partial charge >= 0.3 is 0 Å². The van der Waals surface area contributed by atoms with Gasteiger partial charge in [0.1, 0.15) is 23.0 Å². The second kappa shape index (κ2) is 8.00. The number of nitrogens with zero attached hydrogens (tertiary/aromatic N) is 1. The molecule has 0 fully saturated rings. The average molecular weight is 424 g/mol. The van der Waals surface area contributed by atoms with Gasteiger partial charge in [0.05, 0.1) is 25.5 Å². The number of methoxy groups -OCH3 is 2. The quantitative estimate of drug-likeness (QED) is 0.598. The molecule has 2 amide bonds. The summed E-state index contributed by atoms with van der Waals surface area (Å²) in [6, 6.07) is 14.0. The lowest BCUT2D eigenvalue weighted by Crippen LogP contribution is -2.32. The van der Waals surface area contributed by atoms with Crippen molar-refractivity contribution in [2.75, 3.05) is 24.4 Å². The number of halogens is 1. The Morgan fingerprint density at radius 2 is 1.73 bits per heavy atom. The van der Waals surface area contributed by atoms with Crippen molar-refractivity contribution < 1.29 is 23.5 Å². The molecule has 0 bridgehead atoms. The van der Waals surface area contributed by atoms with Crippen LogP contribution in [0.2, 0.25) is 0 Å². The summed E-state index contributed by atoms with van der Waals surface area (Å²) in [5.41, 5.74) is 1.16. The van der Waals surface area contributed by atoms with Crippen LogP contribution < -0.4 is 19.7 Å². The van der Waals surface area contributed by atoms with E-state index in [0.717, 1.165) is 4.90 Å². The third-order valence-electron chi connectivity index (χ3n) is 4.59. The summed E-state index contributed by atoms with van der Waals surface area (Å²) < 4.78 is 23.9. The van der Waals surface area contributed by atoms with Crippen molar-refractivity contribution in [3.05, 3.63) is 76.4 Å². The Balaban J connectivity index is 1.80. The molecule has 2 aromatic carbocycles. The van der Waals surface area contributed by atoms with E-state index < -0.39 is 17.6 Å². The molecule has 1 aliphatic rings. The minimum Gasteiger partial charge on any atom is -0.497 e. The van der Waals surface area contributed by atoms with Gasteiger partial charge < -0.3 is 14.8 Å². The molecular weight excluding hydrogens is 407 g/mol. The number of anilines is 2.